The molecule has 0 bridgehead atoms. The maximum Gasteiger partial charge on any atom is 0.337 e. The Labute approximate surface area is 110 Å². The first-order chi connectivity index (χ1) is 9.04. The van der Waals surface area contributed by atoms with Crippen LogP contribution in [0.2, 0.25) is 0 Å². The molecule has 1 aromatic rings. The number of methoxy groups -OCH3 is 1. The molecule has 0 saturated heterocycles. The fraction of sp³-hybridized carbons (Fsp3) is 0.333. The molecule has 0 radical (unpaired) electrons. The molecule has 19 heavy (non-hydrogen) atoms. The molecule has 4 N–H and O–H groups in total. The molecule has 0 aromatic heterocycles. The second-order valence-electron chi connectivity index (χ2n) is 3.69. The molecular formula is C12H16N2O5. The van der Waals surface area contributed by atoms with Gasteiger partial charge in [-0.25, -0.2) is 4.79 Å². The van der Waals surface area contributed by atoms with E-state index in [1.165, 1.54) is 25.3 Å². The van der Waals surface area contributed by atoms with Gasteiger partial charge in [-0.05, 0) is 18.2 Å². The number of carboxylic acids is 1. The van der Waals surface area contributed by atoms with Crippen LogP contribution in [0.5, 0.6) is 5.75 Å². The van der Waals surface area contributed by atoms with Crippen molar-refractivity contribution in [2.24, 2.45) is 0 Å². The third kappa shape index (κ3) is 4.84. The average molecular weight is 268 g/mol. The van der Waals surface area contributed by atoms with Gasteiger partial charge in [0.25, 0.3) is 5.91 Å². The van der Waals surface area contributed by atoms with E-state index < -0.39 is 5.97 Å². The summed E-state index contributed by atoms with van der Waals surface area (Å²) in [4.78, 5) is 22.2. The van der Waals surface area contributed by atoms with E-state index >= 15 is 0 Å². The molecule has 7 nitrogen and oxygen atoms in total. The lowest BCUT2D eigenvalue weighted by Gasteiger charge is -2.08. The molecule has 1 aromatic carbocycles. The summed E-state index contributed by atoms with van der Waals surface area (Å²) in [7, 11) is 1.53. The first-order valence-corrected chi connectivity index (χ1v) is 5.56. The molecule has 7 heteroatoms. The molecule has 0 atom stereocenters. The number of hydrogen-bond acceptors (Lipinski definition) is 5. The summed E-state index contributed by atoms with van der Waals surface area (Å²) in [5, 5.41) is 11.5. The number of rotatable bonds is 7. The number of nitrogens with one attached hydrogen (secondary N) is 1. The van der Waals surface area contributed by atoms with Gasteiger partial charge in [0, 0.05) is 19.3 Å². The number of carboxylic acid groups (broad SMARTS) is 1. The van der Waals surface area contributed by atoms with Crippen LogP contribution >= 0.6 is 0 Å². The maximum absolute atomic E-state index is 11.3. The summed E-state index contributed by atoms with van der Waals surface area (Å²) in [6.07, 6.45) is 0. The van der Waals surface area contributed by atoms with Crippen LogP contribution in [0, 0.1) is 0 Å². The zero-order valence-electron chi connectivity index (χ0n) is 10.5. The van der Waals surface area contributed by atoms with Gasteiger partial charge in [0.05, 0.1) is 12.2 Å². The quantitative estimate of drug-likeness (QED) is 0.478. The lowest BCUT2D eigenvalue weighted by molar-refractivity contribution is -0.123. The molecule has 1 rings (SSSR count). The average Bonchev–Trinajstić information content (AvgIpc) is 2.37. The van der Waals surface area contributed by atoms with E-state index in [0.29, 0.717) is 13.2 Å². The number of hydrogen-bond donors (Lipinski definition) is 3. The van der Waals surface area contributed by atoms with Crippen LogP contribution in [-0.2, 0) is 9.53 Å². The highest BCUT2D eigenvalue weighted by Crippen LogP contribution is 2.19. The van der Waals surface area contributed by atoms with Gasteiger partial charge in [-0.1, -0.05) is 0 Å². The maximum atomic E-state index is 11.3. The second-order valence-corrected chi connectivity index (χ2v) is 3.69. The summed E-state index contributed by atoms with van der Waals surface area (Å²) >= 11 is 0. The van der Waals surface area contributed by atoms with Crippen molar-refractivity contribution < 1.29 is 24.2 Å². The Bertz CT molecular complexity index is 461. The van der Waals surface area contributed by atoms with Crippen molar-refractivity contribution in [1.29, 1.82) is 0 Å². The predicted octanol–water partition coefficient (Wildman–Crippen LogP) is 0.108. The van der Waals surface area contributed by atoms with Gasteiger partial charge < -0.3 is 25.6 Å². The summed E-state index contributed by atoms with van der Waals surface area (Å²) in [6.45, 7) is 0.601. The van der Waals surface area contributed by atoms with Gasteiger partial charge in [0.1, 0.15) is 5.75 Å². The number of nitrogens with two attached hydrogens (primary N) is 1. The van der Waals surface area contributed by atoms with Crippen LogP contribution in [0.25, 0.3) is 0 Å². The highest BCUT2D eigenvalue weighted by Gasteiger charge is 2.10. The molecule has 0 aliphatic heterocycles. The van der Waals surface area contributed by atoms with Gasteiger partial charge >= 0.3 is 5.97 Å². The molecular weight excluding hydrogens is 252 g/mol. The van der Waals surface area contributed by atoms with Gasteiger partial charge in [0.15, 0.2) is 6.61 Å². The zero-order valence-corrected chi connectivity index (χ0v) is 10.5. The van der Waals surface area contributed by atoms with Crippen molar-refractivity contribution in [2.75, 3.05) is 32.6 Å². The summed E-state index contributed by atoms with van der Waals surface area (Å²) in [6, 6.07) is 4.20. The molecule has 0 heterocycles. The van der Waals surface area contributed by atoms with E-state index in [0.717, 1.165) is 0 Å². The molecule has 0 fully saturated rings. The monoisotopic (exact) mass is 268 g/mol. The third-order valence-electron chi connectivity index (χ3n) is 2.25. The topological polar surface area (TPSA) is 111 Å². The van der Waals surface area contributed by atoms with Crippen LogP contribution in [0.1, 0.15) is 10.4 Å². The van der Waals surface area contributed by atoms with Crippen LogP contribution in [0.3, 0.4) is 0 Å². The van der Waals surface area contributed by atoms with Gasteiger partial charge in [-0.2, -0.15) is 0 Å². The summed E-state index contributed by atoms with van der Waals surface area (Å²) < 4.78 is 9.95. The van der Waals surface area contributed by atoms with Crippen molar-refractivity contribution in [3.63, 3.8) is 0 Å². The number of benzene rings is 1. The first kappa shape index (κ1) is 14.8. The van der Waals surface area contributed by atoms with Gasteiger partial charge in [-0.15, -0.1) is 0 Å². The molecule has 0 unspecified atom stereocenters. The van der Waals surface area contributed by atoms with E-state index in [2.05, 4.69) is 5.32 Å². The highest BCUT2D eigenvalue weighted by molar-refractivity contribution is 5.94. The van der Waals surface area contributed by atoms with Crippen LogP contribution in [0.4, 0.5) is 5.69 Å². The van der Waals surface area contributed by atoms with E-state index in [4.69, 9.17) is 20.3 Å². The SMILES string of the molecule is COCCNC(=O)COc1ccc(N)c(C(=O)O)c1. The Balaban J connectivity index is 2.51. The lowest BCUT2D eigenvalue weighted by atomic mass is 10.2. The fourth-order valence-corrected chi connectivity index (χ4v) is 1.30. The van der Waals surface area contributed by atoms with E-state index in [1.54, 1.807) is 0 Å². The number of carbonyl (C=O) groups excluding carboxylic acids is 1. The Kier molecular flexibility index (Phi) is 5.62. The molecule has 0 saturated carbocycles. The van der Waals surface area contributed by atoms with Crippen LogP contribution in [0.15, 0.2) is 18.2 Å². The highest BCUT2D eigenvalue weighted by atomic mass is 16.5. The molecule has 104 valence electrons. The Hall–Kier alpha value is -2.28. The number of ether oxygens (including phenoxy) is 2. The van der Waals surface area contributed by atoms with Crippen LogP contribution in [-0.4, -0.2) is 43.9 Å². The Morgan fingerprint density at radius 1 is 1.42 bits per heavy atom. The number of anilines is 1. The van der Waals surface area contributed by atoms with E-state index in [1.807, 2.05) is 0 Å². The smallest absolute Gasteiger partial charge is 0.337 e. The van der Waals surface area contributed by atoms with E-state index in [-0.39, 0.29) is 29.5 Å². The largest absolute Gasteiger partial charge is 0.484 e. The third-order valence-corrected chi connectivity index (χ3v) is 2.25. The lowest BCUT2D eigenvalue weighted by Crippen LogP contribution is -2.31. The summed E-state index contributed by atoms with van der Waals surface area (Å²) in [5.41, 5.74) is 5.58. The minimum atomic E-state index is -1.15. The Morgan fingerprint density at radius 3 is 2.79 bits per heavy atom. The zero-order chi connectivity index (χ0) is 14.3. The normalized spacial score (nSPS) is 9.95. The second kappa shape index (κ2) is 7.22. The molecule has 0 aliphatic rings. The first-order valence-electron chi connectivity index (χ1n) is 5.56. The number of carbonyl (C=O) groups is 2. The minimum absolute atomic E-state index is 0.0581. The molecule has 1 amide bonds. The van der Waals surface area contributed by atoms with Crippen LogP contribution < -0.4 is 15.8 Å². The summed E-state index contributed by atoms with van der Waals surface area (Å²) in [5.74, 6) is -1.19. The standard InChI is InChI=1S/C12H16N2O5/c1-18-5-4-14-11(15)7-19-8-2-3-10(13)9(6-8)12(16)17/h2-3,6H,4-5,7,13H2,1H3,(H,14,15)(H,16,17). The molecule has 0 spiro atoms. The number of nitrogen functional groups attached to an aromatic ring is 1. The van der Waals surface area contributed by atoms with Crippen molar-refractivity contribution in [2.45, 2.75) is 0 Å². The number of amides is 1. The molecule has 0 aliphatic carbocycles. The number of aromatic carboxylic acids is 1. The van der Waals surface area contributed by atoms with E-state index in [9.17, 15) is 9.59 Å². The van der Waals surface area contributed by atoms with Crippen molar-refractivity contribution in [1.82, 2.24) is 5.32 Å². The minimum Gasteiger partial charge on any atom is -0.484 e. The van der Waals surface area contributed by atoms with Gasteiger partial charge in [-0.3, -0.25) is 4.79 Å². The van der Waals surface area contributed by atoms with Crippen molar-refractivity contribution in [3.05, 3.63) is 23.8 Å². The van der Waals surface area contributed by atoms with Crippen molar-refractivity contribution >= 4 is 17.6 Å². The Morgan fingerprint density at radius 2 is 2.16 bits per heavy atom. The fourth-order valence-electron chi connectivity index (χ4n) is 1.30. The van der Waals surface area contributed by atoms with Gasteiger partial charge in [0.2, 0.25) is 0 Å². The predicted molar refractivity (Wildman–Crippen MR) is 68.2 cm³/mol. The van der Waals surface area contributed by atoms with Crippen molar-refractivity contribution in [3.8, 4) is 5.75 Å².